The fourth-order valence-corrected chi connectivity index (χ4v) is 4.43. The topological polar surface area (TPSA) is 93.3 Å². The van der Waals surface area contributed by atoms with Crippen molar-refractivity contribution >= 4 is 28.3 Å². The predicted octanol–water partition coefficient (Wildman–Crippen LogP) is 5.04. The minimum atomic E-state index is -0.381. The Morgan fingerprint density at radius 2 is 1.78 bits per heavy atom. The van der Waals surface area contributed by atoms with E-state index in [0.717, 1.165) is 22.5 Å². The second-order valence-electron chi connectivity index (χ2n) is 8.15. The third kappa shape index (κ3) is 5.26. The number of nitrogens with one attached hydrogen (secondary N) is 1. The monoisotopic (exact) mass is 497 g/mol. The van der Waals surface area contributed by atoms with Crippen molar-refractivity contribution in [2.45, 2.75) is 13.0 Å². The van der Waals surface area contributed by atoms with Crippen molar-refractivity contribution < 1.29 is 14.0 Å². The molecule has 0 saturated heterocycles. The summed E-state index contributed by atoms with van der Waals surface area (Å²) >= 11 is 1.26. The molecule has 0 radical (unpaired) electrons. The first-order chi connectivity index (χ1) is 17.6. The fraction of sp³-hybridized carbons (Fsp3) is 0.111. The van der Waals surface area contributed by atoms with Crippen LogP contribution >= 0.6 is 11.3 Å². The highest BCUT2D eigenvalue weighted by Gasteiger charge is 2.18. The van der Waals surface area contributed by atoms with Gasteiger partial charge in [-0.2, -0.15) is 5.10 Å². The fourth-order valence-electron chi connectivity index (χ4n) is 3.72. The minimum Gasteiger partial charge on any atom is -0.459 e. The Morgan fingerprint density at radius 3 is 2.50 bits per heavy atom. The highest BCUT2D eigenvalue weighted by molar-refractivity contribution is 7.14. The number of anilines is 1. The van der Waals surface area contributed by atoms with Gasteiger partial charge in [-0.25, -0.2) is 9.67 Å². The Labute approximate surface area is 211 Å². The molecule has 2 amide bonds. The summed E-state index contributed by atoms with van der Waals surface area (Å²) in [4.78, 5) is 31.2. The van der Waals surface area contributed by atoms with E-state index in [0.29, 0.717) is 17.4 Å². The number of carbonyl (C=O) groups excluding carboxylic acids is 2. The number of carbonyl (C=O) groups is 2. The van der Waals surface area contributed by atoms with Crippen molar-refractivity contribution in [3.63, 3.8) is 0 Å². The summed E-state index contributed by atoms with van der Waals surface area (Å²) in [6, 6.07) is 23.0. The van der Waals surface area contributed by atoms with E-state index in [4.69, 9.17) is 9.52 Å². The van der Waals surface area contributed by atoms with Crippen LogP contribution in [0.5, 0.6) is 0 Å². The zero-order chi connectivity index (χ0) is 24.9. The molecular weight excluding hydrogens is 474 g/mol. The molecule has 0 spiro atoms. The van der Waals surface area contributed by atoms with Crippen LogP contribution in [-0.2, 0) is 17.8 Å². The molecule has 0 bridgehead atoms. The Kier molecular flexibility index (Phi) is 6.72. The number of thiazole rings is 1. The Bertz CT molecular complexity index is 1460. The van der Waals surface area contributed by atoms with Gasteiger partial charge in [0.15, 0.2) is 10.9 Å². The SMILES string of the molecule is CN(Cc1cn(-c2ccccc2)nc1-c1ccccc1)C(=O)Cc1csc(NC(=O)c2ccco2)n1. The van der Waals surface area contributed by atoms with Gasteiger partial charge in [0, 0.05) is 36.3 Å². The summed E-state index contributed by atoms with van der Waals surface area (Å²) in [5, 5.41) is 9.69. The molecule has 8 nitrogen and oxygen atoms in total. The second-order valence-corrected chi connectivity index (χ2v) is 9.01. The summed E-state index contributed by atoms with van der Waals surface area (Å²) in [7, 11) is 1.77. The van der Waals surface area contributed by atoms with Crippen LogP contribution in [0.4, 0.5) is 5.13 Å². The molecule has 5 aromatic rings. The van der Waals surface area contributed by atoms with Gasteiger partial charge in [-0.15, -0.1) is 11.3 Å². The number of amides is 2. The molecule has 1 N–H and O–H groups in total. The second kappa shape index (κ2) is 10.4. The van der Waals surface area contributed by atoms with E-state index >= 15 is 0 Å². The maximum absolute atomic E-state index is 13.0. The smallest absolute Gasteiger partial charge is 0.293 e. The number of hydrogen-bond donors (Lipinski definition) is 1. The zero-order valence-electron chi connectivity index (χ0n) is 19.5. The van der Waals surface area contributed by atoms with Crippen LogP contribution in [0.25, 0.3) is 16.9 Å². The van der Waals surface area contributed by atoms with E-state index in [2.05, 4.69) is 10.3 Å². The molecule has 9 heteroatoms. The van der Waals surface area contributed by atoms with Crippen LogP contribution in [0.2, 0.25) is 0 Å². The maximum atomic E-state index is 13.0. The number of para-hydroxylation sites is 1. The first kappa shape index (κ1) is 23.3. The largest absolute Gasteiger partial charge is 0.459 e. The van der Waals surface area contributed by atoms with E-state index in [1.807, 2.05) is 71.5 Å². The van der Waals surface area contributed by atoms with E-state index in [-0.39, 0.29) is 24.0 Å². The molecule has 0 atom stereocenters. The Balaban J connectivity index is 1.29. The van der Waals surface area contributed by atoms with E-state index in [1.54, 1.807) is 29.5 Å². The summed E-state index contributed by atoms with van der Waals surface area (Å²) < 4.78 is 6.93. The van der Waals surface area contributed by atoms with Crippen molar-refractivity contribution in [2.75, 3.05) is 12.4 Å². The van der Waals surface area contributed by atoms with Gasteiger partial charge >= 0.3 is 0 Å². The number of nitrogens with zero attached hydrogens (tertiary/aromatic N) is 4. The lowest BCUT2D eigenvalue weighted by Gasteiger charge is -2.16. The molecule has 0 aliphatic rings. The van der Waals surface area contributed by atoms with Crippen molar-refractivity contribution in [3.8, 4) is 16.9 Å². The molecule has 5 rings (SSSR count). The van der Waals surface area contributed by atoms with E-state index in [9.17, 15) is 9.59 Å². The highest BCUT2D eigenvalue weighted by Crippen LogP contribution is 2.25. The van der Waals surface area contributed by atoms with Gasteiger partial charge in [0.25, 0.3) is 5.91 Å². The minimum absolute atomic E-state index is 0.0873. The normalized spacial score (nSPS) is 10.8. The lowest BCUT2D eigenvalue weighted by atomic mass is 10.1. The average Bonchev–Trinajstić information content (AvgIpc) is 3.67. The van der Waals surface area contributed by atoms with Gasteiger partial charge in [-0.1, -0.05) is 48.5 Å². The average molecular weight is 498 g/mol. The van der Waals surface area contributed by atoms with Crippen LogP contribution in [0.3, 0.4) is 0 Å². The van der Waals surface area contributed by atoms with Crippen molar-refractivity contribution in [1.82, 2.24) is 19.7 Å². The summed E-state index contributed by atoms with van der Waals surface area (Å²) in [5.41, 5.74) is 4.29. The molecule has 0 unspecified atom stereocenters. The number of likely N-dealkylation sites (N-methyl/N-ethyl adjacent to an activating group) is 1. The summed E-state index contributed by atoms with van der Waals surface area (Å²) in [6.45, 7) is 0.391. The highest BCUT2D eigenvalue weighted by atomic mass is 32.1. The van der Waals surface area contributed by atoms with Crippen LogP contribution in [0.1, 0.15) is 21.8 Å². The van der Waals surface area contributed by atoms with Crippen LogP contribution < -0.4 is 5.32 Å². The summed E-state index contributed by atoms with van der Waals surface area (Å²) in [6.07, 6.45) is 3.52. The number of aromatic nitrogens is 3. The summed E-state index contributed by atoms with van der Waals surface area (Å²) in [5.74, 6) is -0.267. The Morgan fingerprint density at radius 1 is 1.03 bits per heavy atom. The lowest BCUT2D eigenvalue weighted by molar-refractivity contribution is -0.129. The third-order valence-electron chi connectivity index (χ3n) is 5.54. The molecular formula is C27H23N5O3S. The van der Waals surface area contributed by atoms with Gasteiger partial charge in [0.1, 0.15) is 0 Å². The molecule has 2 aromatic carbocycles. The molecule has 0 saturated carbocycles. The van der Waals surface area contributed by atoms with Gasteiger partial charge in [0.2, 0.25) is 5.91 Å². The number of rotatable bonds is 8. The molecule has 3 heterocycles. The van der Waals surface area contributed by atoms with Crippen LogP contribution in [-0.4, -0.2) is 38.5 Å². The standard InChI is InChI=1S/C27H23N5O3S/c1-31(24(33)15-21-18-36-27(28-21)29-26(34)23-13-8-14-35-23)16-20-17-32(22-11-6-3-7-12-22)30-25(20)19-9-4-2-5-10-19/h2-14,17-18H,15-16H2,1H3,(H,28,29,34). The lowest BCUT2D eigenvalue weighted by Crippen LogP contribution is -2.28. The first-order valence-corrected chi connectivity index (χ1v) is 12.2. The third-order valence-corrected chi connectivity index (χ3v) is 6.35. The first-order valence-electron chi connectivity index (χ1n) is 11.3. The number of furan rings is 1. The van der Waals surface area contributed by atoms with Crippen LogP contribution in [0, 0.1) is 0 Å². The zero-order valence-corrected chi connectivity index (χ0v) is 20.3. The van der Waals surface area contributed by atoms with Crippen molar-refractivity contribution in [2.24, 2.45) is 0 Å². The van der Waals surface area contributed by atoms with Crippen molar-refractivity contribution in [3.05, 3.63) is 108 Å². The quantitative estimate of drug-likeness (QED) is 0.324. The Hall–Kier alpha value is -4.50. The number of hydrogen-bond acceptors (Lipinski definition) is 6. The molecule has 0 aliphatic heterocycles. The van der Waals surface area contributed by atoms with Crippen molar-refractivity contribution in [1.29, 1.82) is 0 Å². The van der Waals surface area contributed by atoms with Gasteiger partial charge in [0.05, 0.1) is 29.8 Å². The van der Waals surface area contributed by atoms with E-state index in [1.165, 1.54) is 17.6 Å². The predicted molar refractivity (Wildman–Crippen MR) is 138 cm³/mol. The van der Waals surface area contributed by atoms with Gasteiger partial charge in [-0.05, 0) is 24.3 Å². The van der Waals surface area contributed by atoms with Crippen LogP contribution in [0.15, 0.2) is 95.1 Å². The molecule has 36 heavy (non-hydrogen) atoms. The van der Waals surface area contributed by atoms with Gasteiger partial charge < -0.3 is 9.32 Å². The molecule has 0 aliphatic carbocycles. The number of benzene rings is 2. The maximum Gasteiger partial charge on any atom is 0.293 e. The molecule has 180 valence electrons. The van der Waals surface area contributed by atoms with E-state index < -0.39 is 0 Å². The van der Waals surface area contributed by atoms with Gasteiger partial charge in [-0.3, -0.25) is 14.9 Å². The molecule has 3 aromatic heterocycles. The molecule has 0 fully saturated rings.